The van der Waals surface area contributed by atoms with Gasteiger partial charge < -0.3 is 10.2 Å². The zero-order valence-corrected chi connectivity index (χ0v) is 13.2. The number of hydrogen-bond acceptors (Lipinski definition) is 2. The molecular formula is C18H32N2. The lowest BCUT2D eigenvalue weighted by Gasteiger charge is -2.54. The van der Waals surface area contributed by atoms with E-state index in [1.807, 2.05) is 0 Å². The summed E-state index contributed by atoms with van der Waals surface area (Å²) in [7, 11) is 2.27. The molecule has 114 valence electrons. The van der Waals surface area contributed by atoms with E-state index in [-0.39, 0.29) is 0 Å². The standard InChI is InChI=1S/C18H32N2/c1-20-6-3-13(4-7-20)2-5-19-18-16-9-14-8-15(11-16)12-17(18)10-14/h13-19H,2-12H2,1H3. The average molecular weight is 276 g/mol. The molecule has 1 heterocycles. The van der Waals surface area contributed by atoms with Crippen molar-refractivity contribution in [2.45, 2.75) is 57.4 Å². The third kappa shape index (κ3) is 2.66. The molecule has 4 aliphatic carbocycles. The molecule has 0 spiro atoms. The zero-order valence-electron chi connectivity index (χ0n) is 13.2. The molecule has 2 heteroatoms. The van der Waals surface area contributed by atoms with Gasteiger partial charge in [0.25, 0.3) is 0 Å². The highest BCUT2D eigenvalue weighted by molar-refractivity contribution is 5.01. The summed E-state index contributed by atoms with van der Waals surface area (Å²) in [5.74, 6) is 5.32. The van der Waals surface area contributed by atoms with E-state index < -0.39 is 0 Å². The summed E-state index contributed by atoms with van der Waals surface area (Å²) in [5, 5.41) is 4.01. The van der Waals surface area contributed by atoms with Gasteiger partial charge in [0.2, 0.25) is 0 Å². The summed E-state index contributed by atoms with van der Waals surface area (Å²) in [5.41, 5.74) is 0. The van der Waals surface area contributed by atoms with E-state index >= 15 is 0 Å². The Labute approximate surface area is 124 Å². The lowest BCUT2D eigenvalue weighted by atomic mass is 9.54. The lowest BCUT2D eigenvalue weighted by molar-refractivity contribution is -0.0140. The van der Waals surface area contributed by atoms with Crippen molar-refractivity contribution >= 4 is 0 Å². The summed E-state index contributed by atoms with van der Waals surface area (Å²) in [6.45, 7) is 3.94. The lowest BCUT2D eigenvalue weighted by Crippen LogP contribution is -2.54. The van der Waals surface area contributed by atoms with Crippen molar-refractivity contribution in [3.05, 3.63) is 0 Å². The third-order valence-corrected chi connectivity index (χ3v) is 7.00. The molecule has 0 atom stereocenters. The van der Waals surface area contributed by atoms with Crippen LogP contribution in [0.5, 0.6) is 0 Å². The van der Waals surface area contributed by atoms with Crippen LogP contribution in [0.4, 0.5) is 0 Å². The van der Waals surface area contributed by atoms with Crippen LogP contribution in [-0.2, 0) is 0 Å². The van der Waals surface area contributed by atoms with Crippen molar-refractivity contribution in [2.75, 3.05) is 26.7 Å². The first-order valence-corrected chi connectivity index (χ1v) is 9.20. The average Bonchev–Trinajstić information content (AvgIpc) is 2.43. The maximum absolute atomic E-state index is 4.01. The first-order valence-electron chi connectivity index (χ1n) is 9.20. The molecule has 0 radical (unpaired) electrons. The molecule has 0 aromatic rings. The molecule has 4 saturated carbocycles. The van der Waals surface area contributed by atoms with E-state index in [4.69, 9.17) is 0 Å². The van der Waals surface area contributed by atoms with Crippen molar-refractivity contribution in [1.29, 1.82) is 0 Å². The zero-order chi connectivity index (χ0) is 13.5. The van der Waals surface area contributed by atoms with Crippen molar-refractivity contribution in [3.8, 4) is 0 Å². The molecule has 2 nitrogen and oxygen atoms in total. The predicted molar refractivity (Wildman–Crippen MR) is 83.7 cm³/mol. The Morgan fingerprint density at radius 2 is 1.50 bits per heavy atom. The van der Waals surface area contributed by atoms with E-state index in [0.717, 1.165) is 35.6 Å². The molecule has 5 fully saturated rings. The minimum atomic E-state index is 0.897. The maximum atomic E-state index is 4.01. The van der Waals surface area contributed by atoms with Gasteiger partial charge >= 0.3 is 0 Å². The van der Waals surface area contributed by atoms with Crippen LogP contribution in [0.2, 0.25) is 0 Å². The SMILES string of the molecule is CN1CCC(CCNC2C3CC4CC(C3)CC2C4)CC1. The first kappa shape index (κ1) is 13.6. The third-order valence-electron chi connectivity index (χ3n) is 7.00. The Balaban J connectivity index is 1.24. The van der Waals surface area contributed by atoms with Gasteiger partial charge in [-0.05, 0) is 108 Å². The minimum Gasteiger partial charge on any atom is -0.313 e. The van der Waals surface area contributed by atoms with Gasteiger partial charge in [0.15, 0.2) is 0 Å². The van der Waals surface area contributed by atoms with Crippen LogP contribution in [0.15, 0.2) is 0 Å². The topological polar surface area (TPSA) is 15.3 Å². The van der Waals surface area contributed by atoms with Gasteiger partial charge in [-0.2, -0.15) is 0 Å². The van der Waals surface area contributed by atoms with Crippen LogP contribution >= 0.6 is 0 Å². The Morgan fingerprint density at radius 3 is 2.10 bits per heavy atom. The normalized spacial score (nSPS) is 45.1. The molecular weight excluding hydrogens is 244 g/mol. The monoisotopic (exact) mass is 276 g/mol. The minimum absolute atomic E-state index is 0.897. The maximum Gasteiger partial charge on any atom is 0.0124 e. The molecule has 1 aliphatic heterocycles. The van der Waals surface area contributed by atoms with Gasteiger partial charge in [-0.25, -0.2) is 0 Å². The fraction of sp³-hybridized carbons (Fsp3) is 1.00. The molecule has 4 bridgehead atoms. The van der Waals surface area contributed by atoms with Crippen LogP contribution in [0, 0.1) is 29.6 Å². The van der Waals surface area contributed by atoms with E-state index in [1.54, 1.807) is 32.1 Å². The molecule has 5 aliphatic rings. The summed E-state index contributed by atoms with van der Waals surface area (Å²) in [6.07, 6.45) is 12.1. The largest absolute Gasteiger partial charge is 0.313 e. The molecule has 1 saturated heterocycles. The molecule has 0 amide bonds. The fourth-order valence-electron chi connectivity index (χ4n) is 6.06. The van der Waals surface area contributed by atoms with E-state index in [2.05, 4.69) is 17.3 Å². The Kier molecular flexibility index (Phi) is 3.80. The van der Waals surface area contributed by atoms with Crippen LogP contribution < -0.4 is 5.32 Å². The molecule has 5 rings (SSSR count). The van der Waals surface area contributed by atoms with Gasteiger partial charge in [-0.15, -0.1) is 0 Å². The van der Waals surface area contributed by atoms with E-state index in [9.17, 15) is 0 Å². The van der Waals surface area contributed by atoms with E-state index in [1.165, 1.54) is 38.9 Å². The van der Waals surface area contributed by atoms with Gasteiger partial charge in [-0.1, -0.05) is 0 Å². The Bertz CT molecular complexity index is 304. The van der Waals surface area contributed by atoms with Gasteiger partial charge in [0.05, 0.1) is 0 Å². The number of rotatable bonds is 4. The van der Waals surface area contributed by atoms with Gasteiger partial charge in [0.1, 0.15) is 0 Å². The van der Waals surface area contributed by atoms with Crippen molar-refractivity contribution in [3.63, 3.8) is 0 Å². The van der Waals surface area contributed by atoms with Crippen LogP contribution in [-0.4, -0.2) is 37.6 Å². The van der Waals surface area contributed by atoms with Gasteiger partial charge in [-0.3, -0.25) is 0 Å². The second kappa shape index (κ2) is 5.61. The number of nitrogens with one attached hydrogen (secondary N) is 1. The van der Waals surface area contributed by atoms with Crippen LogP contribution in [0.1, 0.15) is 51.4 Å². The quantitative estimate of drug-likeness (QED) is 0.848. The van der Waals surface area contributed by atoms with E-state index in [0.29, 0.717) is 0 Å². The summed E-state index contributed by atoms with van der Waals surface area (Å²) in [4.78, 5) is 2.49. The Morgan fingerprint density at radius 1 is 0.900 bits per heavy atom. The number of nitrogens with zero attached hydrogens (tertiary/aromatic N) is 1. The second-order valence-corrected chi connectivity index (χ2v) is 8.45. The summed E-state index contributed by atoms with van der Waals surface area (Å²) < 4.78 is 0. The van der Waals surface area contributed by atoms with Crippen molar-refractivity contribution < 1.29 is 0 Å². The van der Waals surface area contributed by atoms with Gasteiger partial charge in [0, 0.05) is 6.04 Å². The highest BCUT2D eigenvalue weighted by Gasteiger charge is 2.47. The van der Waals surface area contributed by atoms with Crippen LogP contribution in [0.3, 0.4) is 0 Å². The highest BCUT2D eigenvalue weighted by atomic mass is 15.1. The number of piperidine rings is 1. The fourth-order valence-corrected chi connectivity index (χ4v) is 6.06. The predicted octanol–water partition coefficient (Wildman–Crippen LogP) is 3.13. The summed E-state index contributed by atoms with van der Waals surface area (Å²) >= 11 is 0. The number of likely N-dealkylation sites (tertiary alicyclic amines) is 1. The van der Waals surface area contributed by atoms with Crippen molar-refractivity contribution in [1.82, 2.24) is 10.2 Å². The van der Waals surface area contributed by atoms with Crippen LogP contribution in [0.25, 0.3) is 0 Å². The van der Waals surface area contributed by atoms with Crippen molar-refractivity contribution in [2.24, 2.45) is 29.6 Å². The highest BCUT2D eigenvalue weighted by Crippen LogP contribution is 2.53. The number of hydrogen-bond donors (Lipinski definition) is 1. The molecule has 0 aromatic carbocycles. The molecule has 0 unspecified atom stereocenters. The first-order chi connectivity index (χ1) is 9.78. The molecule has 0 aromatic heterocycles. The summed E-state index contributed by atoms with van der Waals surface area (Å²) in [6, 6.07) is 0.897. The second-order valence-electron chi connectivity index (χ2n) is 8.45. The Hall–Kier alpha value is -0.0800. The molecule has 20 heavy (non-hydrogen) atoms. The smallest absolute Gasteiger partial charge is 0.0124 e. The molecule has 1 N–H and O–H groups in total.